The molecule has 0 amide bonds. The van der Waals surface area contributed by atoms with Crippen LogP contribution in [0.1, 0.15) is 30.4 Å². The smallest absolute Gasteiger partial charge is 0.258 e. The van der Waals surface area contributed by atoms with E-state index in [0.29, 0.717) is 38.9 Å². The maximum atomic E-state index is 12.4. The van der Waals surface area contributed by atoms with Gasteiger partial charge in [-0.2, -0.15) is 0 Å². The number of hydrogen-bond donors (Lipinski definition) is 0. The number of aromatic nitrogens is 5. The molecule has 7 nitrogen and oxygen atoms in total. The molecule has 0 aliphatic heterocycles. The summed E-state index contributed by atoms with van der Waals surface area (Å²) in [6, 6.07) is 12.7. The first-order chi connectivity index (χ1) is 15.1. The quantitative estimate of drug-likeness (QED) is 0.359. The van der Waals surface area contributed by atoms with Gasteiger partial charge in [-0.3, -0.25) is 13.8 Å². The summed E-state index contributed by atoms with van der Waals surface area (Å²) < 4.78 is 9.42. The van der Waals surface area contributed by atoms with Crippen LogP contribution in [0.25, 0.3) is 5.65 Å². The van der Waals surface area contributed by atoms with E-state index in [0.717, 1.165) is 23.8 Å². The topological polar surface area (TPSA) is 74.3 Å². The first-order valence-electron chi connectivity index (χ1n) is 9.70. The van der Waals surface area contributed by atoms with E-state index in [2.05, 4.69) is 19.7 Å². The summed E-state index contributed by atoms with van der Waals surface area (Å²) in [5.74, 6) is 1.88. The van der Waals surface area contributed by atoms with E-state index < -0.39 is 0 Å². The molecule has 0 radical (unpaired) electrons. The number of hydrogen-bond acceptors (Lipinski definition) is 6. The molecule has 0 N–H and O–H groups in total. The van der Waals surface area contributed by atoms with Gasteiger partial charge in [0.15, 0.2) is 11.0 Å². The molecule has 0 spiro atoms. The van der Waals surface area contributed by atoms with Crippen LogP contribution in [0.15, 0.2) is 58.6 Å². The second-order valence-corrected chi connectivity index (χ2v) is 8.96. The second kappa shape index (κ2) is 8.53. The van der Waals surface area contributed by atoms with Crippen molar-refractivity contribution in [1.82, 2.24) is 24.1 Å². The number of nitrogens with zero attached hydrogens (tertiary/aromatic N) is 5. The van der Waals surface area contributed by atoms with Crippen molar-refractivity contribution in [2.75, 3.05) is 0 Å². The molecule has 158 valence electrons. The summed E-state index contributed by atoms with van der Waals surface area (Å²) in [5.41, 5.74) is 1.07. The Morgan fingerprint density at radius 3 is 2.77 bits per heavy atom. The molecule has 1 aromatic carbocycles. The van der Waals surface area contributed by atoms with Crippen molar-refractivity contribution in [3.05, 3.63) is 80.6 Å². The van der Waals surface area contributed by atoms with Crippen molar-refractivity contribution >= 4 is 40.6 Å². The van der Waals surface area contributed by atoms with Crippen molar-refractivity contribution in [3.63, 3.8) is 0 Å². The number of pyridine rings is 1. The lowest BCUT2D eigenvalue weighted by atomic mass is 10.3. The van der Waals surface area contributed by atoms with Gasteiger partial charge in [0.2, 0.25) is 0 Å². The van der Waals surface area contributed by atoms with E-state index in [1.807, 2.05) is 18.2 Å². The molecule has 31 heavy (non-hydrogen) atoms. The van der Waals surface area contributed by atoms with Gasteiger partial charge in [0.1, 0.15) is 18.0 Å². The summed E-state index contributed by atoms with van der Waals surface area (Å²) in [4.78, 5) is 17.0. The van der Waals surface area contributed by atoms with Gasteiger partial charge in [-0.25, -0.2) is 4.98 Å². The van der Waals surface area contributed by atoms with Crippen LogP contribution in [-0.2, 0) is 12.4 Å². The highest BCUT2D eigenvalue weighted by Gasteiger charge is 2.30. The molecule has 3 heterocycles. The average molecular weight is 474 g/mol. The van der Waals surface area contributed by atoms with E-state index in [4.69, 9.17) is 27.9 Å². The molecule has 0 saturated heterocycles. The molecular formula is C21H17Cl2N5O2S. The van der Waals surface area contributed by atoms with Crippen LogP contribution in [0, 0.1) is 0 Å². The van der Waals surface area contributed by atoms with Crippen molar-refractivity contribution in [2.24, 2.45) is 0 Å². The van der Waals surface area contributed by atoms with Gasteiger partial charge in [-0.15, -0.1) is 10.2 Å². The van der Waals surface area contributed by atoms with Crippen molar-refractivity contribution in [2.45, 2.75) is 36.4 Å². The molecule has 3 aromatic heterocycles. The third-order valence-electron chi connectivity index (χ3n) is 4.87. The van der Waals surface area contributed by atoms with Crippen LogP contribution in [-0.4, -0.2) is 24.1 Å². The number of fused-ring (bicyclic) bond motifs is 1. The predicted molar refractivity (Wildman–Crippen MR) is 120 cm³/mol. The van der Waals surface area contributed by atoms with Crippen LogP contribution >= 0.6 is 35.0 Å². The van der Waals surface area contributed by atoms with Crippen LogP contribution in [0.3, 0.4) is 0 Å². The SMILES string of the molecule is O=c1cc(CSc2nnc(COc3ccccc3Cl)n2C2CC2)nc2ccc(Cl)cn12. The Morgan fingerprint density at radius 1 is 1.13 bits per heavy atom. The van der Waals surface area contributed by atoms with Gasteiger partial charge in [-0.1, -0.05) is 47.1 Å². The fraction of sp³-hybridized carbons (Fsp3) is 0.238. The number of para-hydroxylation sites is 1. The number of ether oxygens (including phenoxy) is 1. The van der Waals surface area contributed by atoms with Gasteiger partial charge in [0, 0.05) is 24.1 Å². The zero-order valence-electron chi connectivity index (χ0n) is 16.2. The highest BCUT2D eigenvalue weighted by atomic mass is 35.5. The minimum absolute atomic E-state index is 0.166. The molecule has 10 heteroatoms. The minimum atomic E-state index is -0.166. The third-order valence-corrected chi connectivity index (χ3v) is 6.38. The van der Waals surface area contributed by atoms with E-state index in [9.17, 15) is 4.79 Å². The molecule has 0 atom stereocenters. The van der Waals surface area contributed by atoms with E-state index in [1.54, 1.807) is 24.4 Å². The molecule has 5 rings (SSSR count). The summed E-state index contributed by atoms with van der Waals surface area (Å²) in [7, 11) is 0. The third kappa shape index (κ3) is 4.42. The lowest BCUT2D eigenvalue weighted by Crippen LogP contribution is -2.15. The van der Waals surface area contributed by atoms with E-state index in [1.165, 1.54) is 22.2 Å². The van der Waals surface area contributed by atoms with E-state index >= 15 is 0 Å². The van der Waals surface area contributed by atoms with Gasteiger partial charge in [-0.05, 0) is 37.1 Å². The Labute approximate surface area is 192 Å². The predicted octanol–water partition coefficient (Wildman–Crippen LogP) is 4.80. The lowest BCUT2D eigenvalue weighted by Gasteiger charge is -2.11. The number of thioether (sulfide) groups is 1. The normalized spacial score (nSPS) is 13.6. The van der Waals surface area contributed by atoms with Crippen LogP contribution < -0.4 is 10.3 Å². The largest absolute Gasteiger partial charge is 0.484 e. The van der Waals surface area contributed by atoms with Gasteiger partial charge in [0.25, 0.3) is 5.56 Å². The Morgan fingerprint density at radius 2 is 1.97 bits per heavy atom. The molecule has 1 aliphatic rings. The van der Waals surface area contributed by atoms with Gasteiger partial charge < -0.3 is 4.74 Å². The Hall–Kier alpha value is -2.55. The number of rotatable bonds is 7. The molecule has 1 saturated carbocycles. The summed E-state index contributed by atoms with van der Waals surface area (Å²) >= 11 is 13.7. The fourth-order valence-corrected chi connectivity index (χ4v) is 4.51. The Bertz CT molecular complexity index is 1320. The highest BCUT2D eigenvalue weighted by Crippen LogP contribution is 2.39. The van der Waals surface area contributed by atoms with Crippen molar-refractivity contribution in [3.8, 4) is 5.75 Å². The number of halogens is 2. The Kier molecular flexibility index (Phi) is 5.60. The van der Waals surface area contributed by atoms with Crippen LogP contribution in [0.2, 0.25) is 10.0 Å². The Balaban J connectivity index is 1.34. The standard InChI is InChI=1S/C21H17Cl2N5O2S/c22-13-5-8-18-24-14(9-20(29)27(18)10-13)12-31-21-26-25-19(28(21)15-6-7-15)11-30-17-4-2-1-3-16(17)23/h1-5,8-10,15H,6-7,11-12H2. The monoisotopic (exact) mass is 473 g/mol. The first-order valence-corrected chi connectivity index (χ1v) is 11.4. The van der Waals surface area contributed by atoms with Crippen LogP contribution in [0.4, 0.5) is 0 Å². The molecular weight excluding hydrogens is 457 g/mol. The minimum Gasteiger partial charge on any atom is -0.484 e. The highest BCUT2D eigenvalue weighted by molar-refractivity contribution is 7.98. The molecule has 0 bridgehead atoms. The van der Waals surface area contributed by atoms with Gasteiger partial charge in [0.05, 0.1) is 15.7 Å². The zero-order chi connectivity index (χ0) is 21.4. The maximum absolute atomic E-state index is 12.4. The summed E-state index contributed by atoms with van der Waals surface area (Å²) in [6.07, 6.45) is 3.74. The molecule has 4 aromatic rings. The summed E-state index contributed by atoms with van der Waals surface area (Å²) in [5, 5.41) is 10.5. The first kappa shape index (κ1) is 20.4. The molecule has 1 fully saturated rings. The zero-order valence-corrected chi connectivity index (χ0v) is 18.6. The lowest BCUT2D eigenvalue weighted by molar-refractivity contribution is 0.288. The average Bonchev–Trinajstić information content (AvgIpc) is 3.52. The van der Waals surface area contributed by atoms with Crippen molar-refractivity contribution < 1.29 is 4.74 Å². The fourth-order valence-electron chi connectivity index (χ4n) is 3.25. The maximum Gasteiger partial charge on any atom is 0.258 e. The molecule has 0 unspecified atom stereocenters. The van der Waals surface area contributed by atoms with Crippen LogP contribution in [0.5, 0.6) is 5.75 Å². The number of benzene rings is 1. The van der Waals surface area contributed by atoms with Crippen molar-refractivity contribution in [1.29, 1.82) is 0 Å². The summed E-state index contributed by atoms with van der Waals surface area (Å²) in [6.45, 7) is 0.282. The second-order valence-electron chi connectivity index (χ2n) is 7.17. The van der Waals surface area contributed by atoms with Gasteiger partial charge >= 0.3 is 0 Å². The molecule has 1 aliphatic carbocycles. The van der Waals surface area contributed by atoms with E-state index in [-0.39, 0.29) is 12.2 Å².